The van der Waals surface area contributed by atoms with Crippen molar-refractivity contribution >= 4 is 21.6 Å². The van der Waals surface area contributed by atoms with E-state index in [0.717, 1.165) is 35.4 Å². The Labute approximate surface area is 86.2 Å². The van der Waals surface area contributed by atoms with Gasteiger partial charge in [-0.15, -0.1) is 0 Å². The second kappa shape index (κ2) is 3.58. The van der Waals surface area contributed by atoms with E-state index in [1.807, 2.05) is 6.07 Å². The van der Waals surface area contributed by atoms with E-state index < -0.39 is 0 Å². The molecule has 0 saturated carbocycles. The van der Waals surface area contributed by atoms with Crippen LogP contribution in [0.3, 0.4) is 0 Å². The molecule has 0 aliphatic carbocycles. The van der Waals surface area contributed by atoms with Crippen LogP contribution in [0.4, 0.5) is 5.69 Å². The number of aryl methyl sites for hydroxylation is 1. The molecule has 0 unspecified atom stereocenters. The van der Waals surface area contributed by atoms with Crippen LogP contribution in [0.1, 0.15) is 18.4 Å². The summed E-state index contributed by atoms with van der Waals surface area (Å²) >= 11 is 3.43. The number of rotatable bonds is 0. The lowest BCUT2D eigenvalue weighted by molar-refractivity contribution is 0.318. The third-order valence-corrected chi connectivity index (χ3v) is 2.70. The van der Waals surface area contributed by atoms with Crippen LogP contribution >= 0.6 is 15.9 Å². The monoisotopic (exact) mass is 241 g/mol. The zero-order chi connectivity index (χ0) is 9.26. The number of anilines is 1. The normalized spacial score (nSPS) is 15.8. The summed E-state index contributed by atoms with van der Waals surface area (Å²) in [5.41, 5.74) is 7.82. The Morgan fingerprint density at radius 1 is 1.31 bits per heavy atom. The lowest BCUT2D eigenvalue weighted by Gasteiger charge is -2.10. The molecule has 0 amide bonds. The van der Waals surface area contributed by atoms with E-state index in [1.165, 1.54) is 12.0 Å². The molecule has 2 N–H and O–H groups in total. The number of benzene rings is 1. The predicted molar refractivity (Wildman–Crippen MR) is 57.0 cm³/mol. The summed E-state index contributed by atoms with van der Waals surface area (Å²) in [7, 11) is 0. The molecule has 2 rings (SSSR count). The van der Waals surface area contributed by atoms with Crippen molar-refractivity contribution in [2.24, 2.45) is 0 Å². The molecule has 0 atom stereocenters. The van der Waals surface area contributed by atoms with Gasteiger partial charge >= 0.3 is 0 Å². The van der Waals surface area contributed by atoms with E-state index in [0.29, 0.717) is 0 Å². The number of nitrogens with two attached hydrogens (primary N) is 1. The van der Waals surface area contributed by atoms with Gasteiger partial charge in [-0.05, 0) is 37.0 Å². The van der Waals surface area contributed by atoms with E-state index in [-0.39, 0.29) is 0 Å². The summed E-state index contributed by atoms with van der Waals surface area (Å²) in [5, 5.41) is 0. The largest absolute Gasteiger partial charge is 0.491 e. The highest BCUT2D eigenvalue weighted by Crippen LogP contribution is 2.33. The van der Waals surface area contributed by atoms with Crippen molar-refractivity contribution in [1.29, 1.82) is 0 Å². The van der Waals surface area contributed by atoms with Gasteiger partial charge in [0.1, 0.15) is 5.75 Å². The molecule has 0 bridgehead atoms. The molecular weight excluding hydrogens is 230 g/mol. The molecule has 0 saturated heterocycles. The van der Waals surface area contributed by atoms with E-state index >= 15 is 0 Å². The Morgan fingerprint density at radius 2 is 2.15 bits per heavy atom. The Morgan fingerprint density at radius 3 is 3.00 bits per heavy atom. The van der Waals surface area contributed by atoms with E-state index in [2.05, 4.69) is 22.0 Å². The fourth-order valence-corrected chi connectivity index (χ4v) is 2.15. The molecule has 3 heteroatoms. The Bertz CT molecular complexity index is 325. The van der Waals surface area contributed by atoms with Crippen LogP contribution in [0.5, 0.6) is 5.75 Å². The highest BCUT2D eigenvalue weighted by atomic mass is 79.9. The van der Waals surface area contributed by atoms with Gasteiger partial charge in [0.2, 0.25) is 0 Å². The highest BCUT2D eigenvalue weighted by molar-refractivity contribution is 9.10. The minimum atomic E-state index is 0.742. The maximum Gasteiger partial charge on any atom is 0.145 e. The third kappa shape index (κ3) is 1.80. The molecule has 0 aromatic heterocycles. The van der Waals surface area contributed by atoms with Crippen LogP contribution < -0.4 is 10.5 Å². The number of nitrogen functional groups attached to an aromatic ring is 1. The van der Waals surface area contributed by atoms with Crippen molar-refractivity contribution in [3.63, 3.8) is 0 Å². The maximum absolute atomic E-state index is 5.86. The fraction of sp³-hybridized carbons (Fsp3) is 0.400. The minimum absolute atomic E-state index is 0.742. The zero-order valence-corrected chi connectivity index (χ0v) is 8.93. The standard InChI is InChI=1S/C10H12BrNO/c11-8-5-7-3-1-2-4-13-10(7)9(12)6-8/h5-6H,1-4,12H2. The lowest BCUT2D eigenvalue weighted by Crippen LogP contribution is -1.99. The SMILES string of the molecule is Nc1cc(Br)cc2c1OCCCC2. The van der Waals surface area contributed by atoms with Crippen molar-refractivity contribution in [2.45, 2.75) is 19.3 Å². The maximum atomic E-state index is 5.86. The third-order valence-electron chi connectivity index (χ3n) is 2.25. The second-order valence-electron chi connectivity index (χ2n) is 3.29. The van der Waals surface area contributed by atoms with E-state index in [4.69, 9.17) is 10.5 Å². The first-order valence-corrected chi connectivity index (χ1v) is 5.27. The first-order chi connectivity index (χ1) is 6.27. The summed E-state index contributed by atoms with van der Waals surface area (Å²) in [5.74, 6) is 0.890. The quantitative estimate of drug-likeness (QED) is 0.710. The first-order valence-electron chi connectivity index (χ1n) is 4.48. The molecule has 1 aromatic rings. The van der Waals surface area contributed by atoms with Crippen molar-refractivity contribution in [3.05, 3.63) is 22.2 Å². The highest BCUT2D eigenvalue weighted by Gasteiger charge is 2.12. The molecule has 70 valence electrons. The summed E-state index contributed by atoms with van der Waals surface area (Å²) in [6.07, 6.45) is 3.37. The van der Waals surface area contributed by atoms with Crippen molar-refractivity contribution in [3.8, 4) is 5.75 Å². The van der Waals surface area contributed by atoms with Crippen LogP contribution in [0.15, 0.2) is 16.6 Å². The molecule has 1 heterocycles. The predicted octanol–water partition coefficient (Wildman–Crippen LogP) is 2.75. The van der Waals surface area contributed by atoms with Gasteiger partial charge in [-0.1, -0.05) is 15.9 Å². The summed E-state index contributed by atoms with van der Waals surface area (Å²) in [4.78, 5) is 0. The molecule has 13 heavy (non-hydrogen) atoms. The van der Waals surface area contributed by atoms with Gasteiger partial charge in [0, 0.05) is 4.47 Å². The number of ether oxygens (including phenoxy) is 1. The van der Waals surface area contributed by atoms with Crippen LogP contribution in [-0.4, -0.2) is 6.61 Å². The van der Waals surface area contributed by atoms with Crippen LogP contribution in [0.2, 0.25) is 0 Å². The van der Waals surface area contributed by atoms with E-state index in [9.17, 15) is 0 Å². The average molecular weight is 242 g/mol. The van der Waals surface area contributed by atoms with Gasteiger partial charge in [-0.25, -0.2) is 0 Å². The number of hydrogen-bond donors (Lipinski definition) is 1. The topological polar surface area (TPSA) is 35.2 Å². The molecule has 1 aromatic carbocycles. The van der Waals surface area contributed by atoms with Crippen LogP contribution in [0.25, 0.3) is 0 Å². The van der Waals surface area contributed by atoms with Crippen molar-refractivity contribution in [1.82, 2.24) is 0 Å². The number of hydrogen-bond acceptors (Lipinski definition) is 2. The zero-order valence-electron chi connectivity index (χ0n) is 7.35. The number of halogens is 1. The van der Waals surface area contributed by atoms with Gasteiger partial charge in [0.05, 0.1) is 12.3 Å². The molecule has 0 spiro atoms. The van der Waals surface area contributed by atoms with Gasteiger partial charge in [-0.3, -0.25) is 0 Å². The Hall–Kier alpha value is -0.700. The van der Waals surface area contributed by atoms with Crippen LogP contribution in [0, 0.1) is 0 Å². The molecule has 0 fully saturated rings. The molecule has 2 nitrogen and oxygen atoms in total. The molecule has 1 aliphatic heterocycles. The average Bonchev–Trinajstić information content (AvgIpc) is 2.28. The number of fused-ring (bicyclic) bond motifs is 1. The Balaban J connectivity index is 2.47. The van der Waals surface area contributed by atoms with Gasteiger partial charge in [-0.2, -0.15) is 0 Å². The van der Waals surface area contributed by atoms with Crippen molar-refractivity contribution < 1.29 is 4.74 Å². The van der Waals surface area contributed by atoms with Crippen molar-refractivity contribution in [2.75, 3.05) is 12.3 Å². The van der Waals surface area contributed by atoms with E-state index in [1.54, 1.807) is 0 Å². The molecular formula is C10H12BrNO. The summed E-state index contributed by atoms with van der Waals surface area (Å²) in [6, 6.07) is 3.99. The summed E-state index contributed by atoms with van der Waals surface area (Å²) < 4.78 is 6.62. The van der Waals surface area contributed by atoms with Gasteiger partial charge in [0.25, 0.3) is 0 Å². The second-order valence-corrected chi connectivity index (χ2v) is 4.20. The fourth-order valence-electron chi connectivity index (χ4n) is 1.63. The molecule has 0 radical (unpaired) electrons. The lowest BCUT2D eigenvalue weighted by atomic mass is 10.1. The smallest absolute Gasteiger partial charge is 0.145 e. The van der Waals surface area contributed by atoms with Gasteiger partial charge < -0.3 is 10.5 Å². The van der Waals surface area contributed by atoms with Crippen LogP contribution in [-0.2, 0) is 6.42 Å². The summed E-state index contributed by atoms with van der Waals surface area (Å²) in [6.45, 7) is 0.791. The van der Waals surface area contributed by atoms with Gasteiger partial charge in [0.15, 0.2) is 0 Å². The Kier molecular flexibility index (Phi) is 2.44. The molecule has 1 aliphatic rings. The first kappa shape index (κ1) is 8.88. The minimum Gasteiger partial charge on any atom is -0.491 e.